The van der Waals surface area contributed by atoms with Crippen molar-refractivity contribution >= 4 is 54.0 Å². The van der Waals surface area contributed by atoms with Gasteiger partial charge in [-0.25, -0.2) is 13.4 Å². The van der Waals surface area contributed by atoms with E-state index in [0.29, 0.717) is 29.9 Å². The number of aromatic nitrogens is 1. The maximum absolute atomic E-state index is 13.8. The molecule has 0 spiro atoms. The zero-order chi connectivity index (χ0) is 24.3. The summed E-state index contributed by atoms with van der Waals surface area (Å²) >= 11 is 7.70. The normalized spacial score (nSPS) is 15.0. The van der Waals surface area contributed by atoms with E-state index in [-0.39, 0.29) is 22.1 Å². The molecule has 182 valence electrons. The van der Waals surface area contributed by atoms with Crippen LogP contribution in [-0.4, -0.2) is 69.4 Å². The Balaban J connectivity index is 1.69. The van der Waals surface area contributed by atoms with Gasteiger partial charge in [0.1, 0.15) is 0 Å². The van der Waals surface area contributed by atoms with Crippen LogP contribution in [0.4, 0.5) is 5.13 Å². The molecule has 10 heteroatoms. The number of thiazole rings is 1. The van der Waals surface area contributed by atoms with Crippen LogP contribution in [0.15, 0.2) is 41.3 Å². The zero-order valence-electron chi connectivity index (χ0n) is 19.3. The molecule has 1 aliphatic heterocycles. The number of fused-ring (bicyclic) bond motifs is 1. The smallest absolute Gasteiger partial charge is 0.261 e. The highest BCUT2D eigenvalue weighted by atomic mass is 35.5. The summed E-state index contributed by atoms with van der Waals surface area (Å²) in [5, 5.41) is 1.16. The molecule has 1 aromatic heterocycles. The SMILES string of the molecule is CCS(=O)(=O)c1ccccc1C(=O)N(CCCN1CCOCC1)c1nc2c(C)c(Cl)ccc2s1. The molecule has 7 nitrogen and oxygen atoms in total. The van der Waals surface area contributed by atoms with Crippen molar-refractivity contribution in [2.45, 2.75) is 25.2 Å². The van der Waals surface area contributed by atoms with Crippen LogP contribution in [-0.2, 0) is 14.6 Å². The Hall–Kier alpha value is -2.04. The van der Waals surface area contributed by atoms with E-state index in [1.807, 2.05) is 19.1 Å². The predicted molar refractivity (Wildman–Crippen MR) is 137 cm³/mol. The van der Waals surface area contributed by atoms with Crippen LogP contribution >= 0.6 is 22.9 Å². The van der Waals surface area contributed by atoms with E-state index in [4.69, 9.17) is 21.3 Å². The summed E-state index contributed by atoms with van der Waals surface area (Å²) in [5.41, 5.74) is 1.79. The fourth-order valence-corrected chi connectivity index (χ4v) is 6.27. The van der Waals surface area contributed by atoms with Crippen LogP contribution in [0.2, 0.25) is 5.02 Å². The summed E-state index contributed by atoms with van der Waals surface area (Å²) in [6, 6.07) is 10.1. The van der Waals surface area contributed by atoms with Crippen molar-refractivity contribution in [3.05, 3.63) is 52.5 Å². The number of halogens is 1. The number of sulfone groups is 1. The van der Waals surface area contributed by atoms with Crippen molar-refractivity contribution in [1.29, 1.82) is 0 Å². The molecule has 0 bridgehead atoms. The Morgan fingerprint density at radius 2 is 1.94 bits per heavy atom. The molecule has 1 fully saturated rings. The molecule has 4 rings (SSSR count). The molecule has 2 heterocycles. The first-order chi connectivity index (χ1) is 16.3. The Kier molecular flexibility index (Phi) is 7.89. The number of morpholine rings is 1. The van der Waals surface area contributed by atoms with Gasteiger partial charge in [0.2, 0.25) is 0 Å². The largest absolute Gasteiger partial charge is 0.379 e. The van der Waals surface area contributed by atoms with E-state index in [1.165, 1.54) is 17.4 Å². The number of benzene rings is 2. The minimum atomic E-state index is -3.57. The van der Waals surface area contributed by atoms with Crippen molar-refractivity contribution < 1.29 is 17.9 Å². The predicted octanol–water partition coefficient (Wildman–Crippen LogP) is 4.42. The minimum Gasteiger partial charge on any atom is -0.379 e. The summed E-state index contributed by atoms with van der Waals surface area (Å²) in [6.45, 7) is 7.88. The van der Waals surface area contributed by atoms with Crippen molar-refractivity contribution in [3.8, 4) is 0 Å². The average molecular weight is 522 g/mol. The number of nitrogens with zero attached hydrogens (tertiary/aromatic N) is 3. The number of hydrogen-bond donors (Lipinski definition) is 0. The molecule has 2 aromatic carbocycles. The first-order valence-electron chi connectivity index (χ1n) is 11.3. The van der Waals surface area contributed by atoms with Crippen LogP contribution in [0.5, 0.6) is 0 Å². The van der Waals surface area contributed by atoms with E-state index < -0.39 is 9.84 Å². The quantitative estimate of drug-likeness (QED) is 0.436. The maximum Gasteiger partial charge on any atom is 0.261 e. The number of carbonyl (C=O) groups excluding carboxylic acids is 1. The summed E-state index contributed by atoms with van der Waals surface area (Å²) in [4.78, 5) is 22.5. The number of carbonyl (C=O) groups is 1. The van der Waals surface area contributed by atoms with Crippen LogP contribution in [0, 0.1) is 6.92 Å². The van der Waals surface area contributed by atoms with Gasteiger partial charge in [-0.2, -0.15) is 0 Å². The van der Waals surface area contributed by atoms with E-state index >= 15 is 0 Å². The molecule has 0 N–H and O–H groups in total. The van der Waals surface area contributed by atoms with Crippen molar-refractivity contribution in [2.24, 2.45) is 0 Å². The number of hydrogen-bond acceptors (Lipinski definition) is 7. The van der Waals surface area contributed by atoms with Gasteiger partial charge in [0.15, 0.2) is 15.0 Å². The van der Waals surface area contributed by atoms with Crippen molar-refractivity contribution in [1.82, 2.24) is 9.88 Å². The van der Waals surface area contributed by atoms with Crippen LogP contribution < -0.4 is 4.90 Å². The second kappa shape index (κ2) is 10.7. The molecule has 0 aliphatic carbocycles. The van der Waals surface area contributed by atoms with Gasteiger partial charge in [0, 0.05) is 31.2 Å². The number of ether oxygens (including phenoxy) is 1. The summed E-state index contributed by atoms with van der Waals surface area (Å²) in [5.74, 6) is -0.440. The fourth-order valence-electron chi connectivity index (χ4n) is 3.98. The first-order valence-corrected chi connectivity index (χ1v) is 14.2. The molecule has 34 heavy (non-hydrogen) atoms. The third kappa shape index (κ3) is 5.28. The Morgan fingerprint density at radius 3 is 2.68 bits per heavy atom. The number of aryl methyl sites for hydroxylation is 1. The van der Waals surface area contributed by atoms with Gasteiger partial charge in [-0.05, 0) is 43.2 Å². The highest BCUT2D eigenvalue weighted by molar-refractivity contribution is 7.91. The van der Waals surface area contributed by atoms with E-state index in [1.54, 1.807) is 30.0 Å². The average Bonchev–Trinajstić information content (AvgIpc) is 3.29. The Labute approximate surface area is 209 Å². The second-order valence-electron chi connectivity index (χ2n) is 8.18. The molecule has 0 atom stereocenters. The third-order valence-corrected chi connectivity index (χ3v) is 9.24. The standard InChI is InChI=1S/C24H28ClN3O4S2/c1-3-34(30,31)21-8-5-4-7-18(21)23(29)28(12-6-11-27-13-15-32-16-14-27)24-26-22-17(2)19(25)9-10-20(22)33-24/h4-5,7-10H,3,6,11-16H2,1-2H3. The van der Waals surface area contributed by atoms with Crippen molar-refractivity contribution in [3.63, 3.8) is 0 Å². The lowest BCUT2D eigenvalue weighted by atomic mass is 10.2. The zero-order valence-corrected chi connectivity index (χ0v) is 21.7. The number of amides is 1. The Morgan fingerprint density at radius 1 is 1.21 bits per heavy atom. The molecule has 1 aliphatic rings. The molecule has 3 aromatic rings. The number of rotatable bonds is 8. The lowest BCUT2D eigenvalue weighted by molar-refractivity contribution is 0.0376. The summed E-state index contributed by atoms with van der Waals surface area (Å²) in [7, 11) is -3.57. The molecule has 1 amide bonds. The van der Waals surface area contributed by atoms with Gasteiger partial charge in [0.05, 0.1) is 39.6 Å². The van der Waals surface area contributed by atoms with E-state index in [2.05, 4.69) is 4.90 Å². The minimum absolute atomic E-state index is 0.0565. The lowest BCUT2D eigenvalue weighted by Gasteiger charge is -2.28. The van der Waals surface area contributed by atoms with Crippen LogP contribution in [0.25, 0.3) is 10.2 Å². The monoisotopic (exact) mass is 521 g/mol. The molecule has 0 radical (unpaired) electrons. The maximum atomic E-state index is 13.8. The molecule has 0 saturated carbocycles. The van der Waals surface area contributed by atoms with Gasteiger partial charge in [-0.3, -0.25) is 14.6 Å². The first kappa shape index (κ1) is 25.1. The van der Waals surface area contributed by atoms with Crippen molar-refractivity contribution in [2.75, 3.05) is 50.0 Å². The van der Waals surface area contributed by atoms with E-state index in [0.717, 1.165) is 41.8 Å². The summed E-state index contributed by atoms with van der Waals surface area (Å²) < 4.78 is 31.8. The second-order valence-corrected chi connectivity index (χ2v) is 11.8. The van der Waals surface area contributed by atoms with Gasteiger partial charge < -0.3 is 4.74 Å². The van der Waals surface area contributed by atoms with Gasteiger partial charge in [0.25, 0.3) is 5.91 Å². The third-order valence-electron chi connectivity index (χ3n) is 6.00. The highest BCUT2D eigenvalue weighted by Gasteiger charge is 2.27. The van der Waals surface area contributed by atoms with Gasteiger partial charge >= 0.3 is 0 Å². The Bertz CT molecular complexity index is 1290. The van der Waals surface area contributed by atoms with Crippen LogP contribution in [0.1, 0.15) is 29.3 Å². The lowest BCUT2D eigenvalue weighted by Crippen LogP contribution is -2.39. The van der Waals surface area contributed by atoms with Gasteiger partial charge in [-0.1, -0.05) is 42.0 Å². The molecular formula is C24H28ClN3O4S2. The highest BCUT2D eigenvalue weighted by Crippen LogP contribution is 2.34. The molecular weight excluding hydrogens is 494 g/mol. The topological polar surface area (TPSA) is 79.8 Å². The summed E-state index contributed by atoms with van der Waals surface area (Å²) in [6.07, 6.45) is 0.726. The fraction of sp³-hybridized carbons (Fsp3) is 0.417. The molecule has 0 unspecified atom stereocenters. The van der Waals surface area contributed by atoms with E-state index in [9.17, 15) is 13.2 Å². The van der Waals surface area contributed by atoms with Crippen LogP contribution in [0.3, 0.4) is 0 Å². The molecule has 1 saturated heterocycles. The number of anilines is 1. The van der Waals surface area contributed by atoms with Gasteiger partial charge in [-0.15, -0.1) is 0 Å².